The van der Waals surface area contributed by atoms with E-state index in [4.69, 9.17) is 0 Å². The zero-order valence-electron chi connectivity index (χ0n) is 19.6. The quantitative estimate of drug-likeness (QED) is 0.260. The van der Waals surface area contributed by atoms with Gasteiger partial charge >= 0.3 is 0 Å². The average Bonchev–Trinajstić information content (AvgIpc) is 2.91. The maximum atomic E-state index is 2.28. The molecule has 0 aliphatic heterocycles. The van der Waals surface area contributed by atoms with Crippen molar-refractivity contribution in [3.63, 3.8) is 0 Å². The third-order valence-corrected chi connectivity index (χ3v) is 6.16. The van der Waals surface area contributed by atoms with Gasteiger partial charge in [-0.15, -0.1) is 0 Å². The van der Waals surface area contributed by atoms with Crippen molar-refractivity contribution in [3.05, 3.63) is 139 Å². The van der Waals surface area contributed by atoms with E-state index in [1.807, 2.05) is 0 Å². The Balaban J connectivity index is 1.40. The van der Waals surface area contributed by atoms with E-state index in [2.05, 4.69) is 157 Å². The molecule has 34 heavy (non-hydrogen) atoms. The monoisotopic (exact) mass is 440 g/mol. The van der Waals surface area contributed by atoms with Gasteiger partial charge < -0.3 is 9.80 Å². The molecule has 0 heterocycles. The zero-order valence-corrected chi connectivity index (χ0v) is 19.6. The van der Waals surface area contributed by atoms with Crippen molar-refractivity contribution in [1.82, 2.24) is 0 Å². The Morgan fingerprint density at radius 3 is 1.18 bits per heavy atom. The number of benzene rings is 5. The average molecular weight is 441 g/mol. The molecule has 0 amide bonds. The van der Waals surface area contributed by atoms with Gasteiger partial charge in [0.25, 0.3) is 0 Å². The van der Waals surface area contributed by atoms with Crippen molar-refractivity contribution >= 4 is 28.4 Å². The lowest BCUT2D eigenvalue weighted by Gasteiger charge is -2.25. The maximum absolute atomic E-state index is 2.28. The number of aryl methyl sites for hydroxylation is 1. The summed E-state index contributed by atoms with van der Waals surface area (Å²) in [5.74, 6) is 0. The molecule has 0 atom stereocenters. The molecule has 0 unspecified atom stereocenters. The lowest BCUT2D eigenvalue weighted by Crippen LogP contribution is -2.09. The largest absolute Gasteiger partial charge is 0.345 e. The van der Waals surface area contributed by atoms with Crippen LogP contribution in [-0.2, 0) is 0 Å². The van der Waals surface area contributed by atoms with Crippen LogP contribution in [0.1, 0.15) is 5.56 Å². The van der Waals surface area contributed by atoms with Crippen molar-refractivity contribution in [2.45, 2.75) is 6.92 Å². The third-order valence-electron chi connectivity index (χ3n) is 6.16. The molecule has 0 aliphatic carbocycles. The van der Waals surface area contributed by atoms with Gasteiger partial charge in [0.05, 0.1) is 0 Å². The Hall–Kier alpha value is -4.30. The Bertz CT molecular complexity index is 1290. The van der Waals surface area contributed by atoms with E-state index in [1.165, 1.54) is 28.1 Å². The van der Waals surface area contributed by atoms with Crippen LogP contribution in [0.15, 0.2) is 133 Å². The first-order valence-electron chi connectivity index (χ1n) is 11.6. The molecular weight excluding hydrogens is 412 g/mol. The van der Waals surface area contributed by atoms with Gasteiger partial charge in [0, 0.05) is 35.5 Å². The van der Waals surface area contributed by atoms with Crippen LogP contribution in [0.5, 0.6) is 0 Å². The molecule has 0 N–H and O–H groups in total. The topological polar surface area (TPSA) is 6.48 Å². The molecule has 2 heteroatoms. The summed E-state index contributed by atoms with van der Waals surface area (Å²) >= 11 is 0. The van der Waals surface area contributed by atoms with E-state index in [1.54, 1.807) is 0 Å². The molecule has 5 aromatic rings. The minimum absolute atomic E-state index is 1.14. The summed E-state index contributed by atoms with van der Waals surface area (Å²) < 4.78 is 0. The first-order valence-corrected chi connectivity index (χ1v) is 11.6. The van der Waals surface area contributed by atoms with Crippen LogP contribution in [0.2, 0.25) is 0 Å². The van der Waals surface area contributed by atoms with Gasteiger partial charge in [0.15, 0.2) is 0 Å². The van der Waals surface area contributed by atoms with Gasteiger partial charge in [-0.25, -0.2) is 0 Å². The summed E-state index contributed by atoms with van der Waals surface area (Å²) in [5, 5.41) is 0. The molecule has 0 fully saturated rings. The molecule has 0 aliphatic rings. The molecule has 0 saturated carbocycles. The summed E-state index contributed by atoms with van der Waals surface area (Å²) in [5.41, 5.74) is 9.46. The van der Waals surface area contributed by atoms with E-state index < -0.39 is 0 Å². The molecule has 0 bridgehead atoms. The summed E-state index contributed by atoms with van der Waals surface area (Å²) in [4.78, 5) is 4.49. The van der Waals surface area contributed by atoms with Crippen molar-refractivity contribution < 1.29 is 0 Å². The summed E-state index contributed by atoms with van der Waals surface area (Å²) in [6.45, 7) is 2.11. The van der Waals surface area contributed by atoms with Gasteiger partial charge in [-0.3, -0.25) is 0 Å². The second-order valence-electron chi connectivity index (χ2n) is 8.49. The van der Waals surface area contributed by atoms with Gasteiger partial charge in [-0.1, -0.05) is 78.4 Å². The van der Waals surface area contributed by atoms with Crippen LogP contribution in [0.25, 0.3) is 11.1 Å². The van der Waals surface area contributed by atoms with Crippen LogP contribution >= 0.6 is 0 Å². The van der Waals surface area contributed by atoms with E-state index in [0.29, 0.717) is 0 Å². The van der Waals surface area contributed by atoms with Crippen molar-refractivity contribution in [2.24, 2.45) is 0 Å². The lowest BCUT2D eigenvalue weighted by molar-refractivity contribution is 1.20. The van der Waals surface area contributed by atoms with Gasteiger partial charge in [-0.05, 0) is 78.7 Å². The normalized spacial score (nSPS) is 10.6. The predicted octanol–water partition coefficient (Wildman–Crippen LogP) is 8.90. The zero-order chi connectivity index (χ0) is 23.3. The Morgan fingerprint density at radius 2 is 0.735 bits per heavy atom. The molecule has 2 nitrogen and oxygen atoms in total. The van der Waals surface area contributed by atoms with E-state index in [9.17, 15) is 0 Å². The Kier molecular flexibility index (Phi) is 6.13. The summed E-state index contributed by atoms with van der Waals surface area (Å²) in [7, 11) is 2.11. The highest BCUT2D eigenvalue weighted by molar-refractivity contribution is 5.78. The van der Waals surface area contributed by atoms with Gasteiger partial charge in [0.2, 0.25) is 0 Å². The first-order chi connectivity index (χ1) is 16.7. The van der Waals surface area contributed by atoms with Crippen LogP contribution in [0, 0.1) is 6.92 Å². The third kappa shape index (κ3) is 4.57. The molecular formula is C32H28N2. The van der Waals surface area contributed by atoms with Crippen LogP contribution in [0.4, 0.5) is 28.4 Å². The summed E-state index contributed by atoms with van der Waals surface area (Å²) in [6, 6.07) is 47.2. The highest BCUT2D eigenvalue weighted by Crippen LogP contribution is 2.35. The molecule has 0 saturated heterocycles. The summed E-state index contributed by atoms with van der Waals surface area (Å²) in [6.07, 6.45) is 0. The minimum Gasteiger partial charge on any atom is -0.345 e. The van der Waals surface area contributed by atoms with Gasteiger partial charge in [0.1, 0.15) is 0 Å². The molecule has 0 spiro atoms. The van der Waals surface area contributed by atoms with E-state index in [-0.39, 0.29) is 0 Å². The minimum atomic E-state index is 1.14. The molecule has 166 valence electrons. The van der Waals surface area contributed by atoms with Crippen molar-refractivity contribution in [3.8, 4) is 11.1 Å². The number of para-hydroxylation sites is 2. The smallest absolute Gasteiger partial charge is 0.0462 e. The standard InChI is InChI=1S/C32H28N2/c1-25-13-19-28(20-14-25)33(2)29-21-15-26(16-22-29)27-17-23-32(24-18-27)34(30-9-5-3-6-10-30)31-11-7-4-8-12-31/h3-24H,1-2H3. The molecule has 0 radical (unpaired) electrons. The highest BCUT2D eigenvalue weighted by atomic mass is 15.1. The molecule has 5 aromatic carbocycles. The Labute approximate surface area is 202 Å². The molecule has 0 aromatic heterocycles. The fourth-order valence-electron chi connectivity index (χ4n) is 4.20. The molecule has 5 rings (SSSR count). The first kappa shape index (κ1) is 21.5. The SMILES string of the molecule is Cc1ccc(N(C)c2ccc(-c3ccc(N(c4ccccc4)c4ccccc4)cc3)cc2)cc1. The number of rotatable bonds is 6. The van der Waals surface area contributed by atoms with Gasteiger partial charge in [-0.2, -0.15) is 0 Å². The number of anilines is 5. The lowest BCUT2D eigenvalue weighted by atomic mass is 10.0. The maximum Gasteiger partial charge on any atom is 0.0462 e. The Morgan fingerprint density at radius 1 is 0.382 bits per heavy atom. The van der Waals surface area contributed by atoms with Crippen LogP contribution in [-0.4, -0.2) is 7.05 Å². The van der Waals surface area contributed by atoms with E-state index >= 15 is 0 Å². The van der Waals surface area contributed by atoms with E-state index in [0.717, 1.165) is 17.1 Å². The fraction of sp³-hybridized carbons (Fsp3) is 0.0625. The fourth-order valence-corrected chi connectivity index (χ4v) is 4.20. The number of nitrogens with zero attached hydrogens (tertiary/aromatic N) is 2. The number of hydrogen-bond donors (Lipinski definition) is 0. The van der Waals surface area contributed by atoms with Crippen molar-refractivity contribution in [2.75, 3.05) is 16.8 Å². The highest BCUT2D eigenvalue weighted by Gasteiger charge is 2.12. The second-order valence-corrected chi connectivity index (χ2v) is 8.49. The van der Waals surface area contributed by atoms with Crippen LogP contribution in [0.3, 0.4) is 0 Å². The predicted molar refractivity (Wildman–Crippen MR) is 146 cm³/mol. The number of hydrogen-bond acceptors (Lipinski definition) is 2. The second kappa shape index (κ2) is 9.68. The van der Waals surface area contributed by atoms with Crippen LogP contribution < -0.4 is 9.80 Å². The van der Waals surface area contributed by atoms with Crippen molar-refractivity contribution in [1.29, 1.82) is 0 Å².